The minimum absolute atomic E-state index is 0.893. The first-order chi connectivity index (χ1) is 5.33. The molecule has 11 heavy (non-hydrogen) atoms. The van der Waals surface area contributed by atoms with Crippen molar-refractivity contribution in [1.82, 2.24) is 0 Å². The summed E-state index contributed by atoms with van der Waals surface area (Å²) in [6, 6.07) is 0. The maximum absolute atomic E-state index is 2.48. The maximum atomic E-state index is 2.48. The molecule has 3 aliphatic carbocycles. The second kappa shape index (κ2) is 1.84. The van der Waals surface area contributed by atoms with Gasteiger partial charge in [0.05, 0.1) is 0 Å². The van der Waals surface area contributed by atoms with E-state index >= 15 is 0 Å². The van der Waals surface area contributed by atoms with Crippen molar-refractivity contribution in [3.63, 3.8) is 0 Å². The van der Waals surface area contributed by atoms with Gasteiger partial charge in [-0.2, -0.15) is 0 Å². The van der Waals surface area contributed by atoms with E-state index in [4.69, 9.17) is 0 Å². The van der Waals surface area contributed by atoms with Crippen LogP contribution in [0.3, 0.4) is 0 Å². The Balaban J connectivity index is 1.87. The van der Waals surface area contributed by atoms with E-state index in [1.165, 1.54) is 24.7 Å². The Morgan fingerprint density at radius 3 is 2.36 bits per heavy atom. The Labute approximate surface area is 69.4 Å². The van der Waals surface area contributed by atoms with Gasteiger partial charge in [0.2, 0.25) is 0 Å². The van der Waals surface area contributed by atoms with Crippen molar-refractivity contribution in [3.8, 4) is 0 Å². The van der Waals surface area contributed by atoms with Crippen LogP contribution >= 0.6 is 0 Å². The molecule has 62 valence electrons. The van der Waals surface area contributed by atoms with Crippen LogP contribution in [0.15, 0.2) is 0 Å². The SMILES string of the molecule is CC1C2CCC3(CCCC3)[C@H]12. The molecule has 3 fully saturated rings. The lowest BCUT2D eigenvalue weighted by molar-refractivity contribution is 0.243. The average Bonchev–Trinajstić information content (AvgIpc) is 2.52. The number of rotatable bonds is 0. The predicted molar refractivity (Wildman–Crippen MR) is 46.3 cm³/mol. The number of hydrogen-bond donors (Lipinski definition) is 0. The lowest BCUT2D eigenvalue weighted by Crippen LogP contribution is -2.16. The van der Waals surface area contributed by atoms with Gasteiger partial charge in [-0.15, -0.1) is 0 Å². The third kappa shape index (κ3) is 0.666. The van der Waals surface area contributed by atoms with Gasteiger partial charge in [0.1, 0.15) is 0 Å². The van der Waals surface area contributed by atoms with Gasteiger partial charge >= 0.3 is 0 Å². The van der Waals surface area contributed by atoms with Crippen LogP contribution in [0.25, 0.3) is 0 Å². The zero-order valence-electron chi connectivity index (χ0n) is 7.47. The van der Waals surface area contributed by atoms with Gasteiger partial charge in [0.25, 0.3) is 0 Å². The molecule has 0 aromatic rings. The van der Waals surface area contributed by atoms with Crippen molar-refractivity contribution >= 4 is 0 Å². The van der Waals surface area contributed by atoms with E-state index in [9.17, 15) is 0 Å². The lowest BCUT2D eigenvalue weighted by Gasteiger charge is -2.25. The quantitative estimate of drug-likeness (QED) is 0.497. The molecule has 0 aromatic heterocycles. The zero-order chi connectivity index (χ0) is 7.47. The van der Waals surface area contributed by atoms with Gasteiger partial charge in [-0.3, -0.25) is 0 Å². The van der Waals surface area contributed by atoms with Crippen LogP contribution < -0.4 is 0 Å². The highest BCUT2D eigenvalue weighted by Crippen LogP contribution is 2.70. The highest BCUT2D eigenvalue weighted by atomic mass is 14.7. The zero-order valence-corrected chi connectivity index (χ0v) is 7.47. The molecule has 0 N–H and O–H groups in total. The van der Waals surface area contributed by atoms with Gasteiger partial charge in [-0.25, -0.2) is 0 Å². The molecule has 3 aliphatic rings. The summed E-state index contributed by atoms with van der Waals surface area (Å²) >= 11 is 0. The summed E-state index contributed by atoms with van der Waals surface area (Å²) in [5.74, 6) is 3.47. The Bertz CT molecular complexity index is 171. The fourth-order valence-electron chi connectivity index (χ4n) is 4.28. The summed E-state index contributed by atoms with van der Waals surface area (Å²) in [5.41, 5.74) is 0.893. The third-order valence-electron chi connectivity index (χ3n) is 4.84. The minimum Gasteiger partial charge on any atom is -0.0619 e. The van der Waals surface area contributed by atoms with Crippen LogP contribution in [0.1, 0.15) is 45.4 Å². The van der Waals surface area contributed by atoms with Gasteiger partial charge in [-0.05, 0) is 48.9 Å². The maximum Gasteiger partial charge on any atom is -0.0264 e. The van der Waals surface area contributed by atoms with Crippen molar-refractivity contribution in [3.05, 3.63) is 0 Å². The topological polar surface area (TPSA) is 0 Å². The van der Waals surface area contributed by atoms with Crippen molar-refractivity contribution in [1.29, 1.82) is 0 Å². The molecule has 0 aromatic carbocycles. The van der Waals surface area contributed by atoms with Gasteiger partial charge in [0, 0.05) is 0 Å². The first-order valence-corrected chi connectivity index (χ1v) is 5.33. The molecule has 0 heteroatoms. The normalized spacial score (nSPS) is 51.5. The fourth-order valence-corrected chi connectivity index (χ4v) is 4.28. The first kappa shape index (κ1) is 6.51. The highest BCUT2D eigenvalue weighted by Gasteiger charge is 2.62. The molecule has 3 atom stereocenters. The van der Waals surface area contributed by atoms with E-state index in [0.29, 0.717) is 0 Å². The monoisotopic (exact) mass is 150 g/mol. The van der Waals surface area contributed by atoms with Crippen LogP contribution in [0.2, 0.25) is 0 Å². The van der Waals surface area contributed by atoms with E-state index in [1.807, 2.05) is 0 Å². The molecule has 0 bridgehead atoms. The molecule has 3 saturated carbocycles. The summed E-state index contributed by atoms with van der Waals surface area (Å²) in [6.07, 6.45) is 9.40. The molecule has 1 spiro atoms. The van der Waals surface area contributed by atoms with Crippen LogP contribution in [-0.2, 0) is 0 Å². The number of hydrogen-bond acceptors (Lipinski definition) is 0. The largest absolute Gasteiger partial charge is 0.0619 e. The molecule has 0 amide bonds. The van der Waals surface area contributed by atoms with Crippen molar-refractivity contribution in [2.24, 2.45) is 23.2 Å². The molecule has 2 unspecified atom stereocenters. The molecule has 0 radical (unpaired) electrons. The molecular weight excluding hydrogens is 132 g/mol. The van der Waals surface area contributed by atoms with E-state index < -0.39 is 0 Å². The summed E-state index contributed by atoms with van der Waals surface area (Å²) in [4.78, 5) is 0. The molecule has 0 aliphatic heterocycles. The molecule has 0 saturated heterocycles. The van der Waals surface area contributed by atoms with E-state index in [2.05, 4.69) is 6.92 Å². The van der Waals surface area contributed by atoms with Crippen molar-refractivity contribution in [2.75, 3.05) is 0 Å². The second-order valence-corrected chi connectivity index (χ2v) is 5.16. The Morgan fingerprint density at radius 2 is 1.82 bits per heavy atom. The predicted octanol–water partition coefficient (Wildman–Crippen LogP) is 3.22. The second-order valence-electron chi connectivity index (χ2n) is 5.16. The first-order valence-electron chi connectivity index (χ1n) is 5.33. The van der Waals surface area contributed by atoms with Gasteiger partial charge in [-0.1, -0.05) is 19.8 Å². The molecule has 0 heterocycles. The van der Waals surface area contributed by atoms with Gasteiger partial charge < -0.3 is 0 Å². The van der Waals surface area contributed by atoms with Crippen LogP contribution in [0, 0.1) is 23.2 Å². The third-order valence-corrected chi connectivity index (χ3v) is 4.84. The fraction of sp³-hybridized carbons (Fsp3) is 1.00. The van der Waals surface area contributed by atoms with Crippen LogP contribution in [-0.4, -0.2) is 0 Å². The standard InChI is InChI=1S/C11H18/c1-8-9-4-7-11(10(8)9)5-2-3-6-11/h8-10H,2-7H2,1H3/t8?,9?,10-/m1/s1. The summed E-state index contributed by atoms with van der Waals surface area (Å²) in [6.45, 7) is 2.48. The van der Waals surface area contributed by atoms with Crippen LogP contribution in [0.5, 0.6) is 0 Å². The number of fused-ring (bicyclic) bond motifs is 2. The Kier molecular flexibility index (Phi) is 1.09. The summed E-state index contributed by atoms with van der Waals surface area (Å²) in [5, 5.41) is 0. The van der Waals surface area contributed by atoms with E-state index in [0.717, 1.165) is 11.3 Å². The average molecular weight is 150 g/mol. The molecule has 0 nitrogen and oxygen atoms in total. The Hall–Kier alpha value is 0. The minimum atomic E-state index is 0.893. The Morgan fingerprint density at radius 1 is 1.09 bits per heavy atom. The van der Waals surface area contributed by atoms with Crippen LogP contribution in [0.4, 0.5) is 0 Å². The highest BCUT2D eigenvalue weighted by molar-refractivity contribution is 5.11. The van der Waals surface area contributed by atoms with Crippen molar-refractivity contribution in [2.45, 2.75) is 45.4 Å². The van der Waals surface area contributed by atoms with E-state index in [1.54, 1.807) is 25.7 Å². The van der Waals surface area contributed by atoms with Crippen molar-refractivity contribution < 1.29 is 0 Å². The van der Waals surface area contributed by atoms with E-state index in [-0.39, 0.29) is 0 Å². The van der Waals surface area contributed by atoms with Gasteiger partial charge in [0.15, 0.2) is 0 Å². The summed E-state index contributed by atoms with van der Waals surface area (Å²) in [7, 11) is 0. The lowest BCUT2D eigenvalue weighted by atomic mass is 9.79. The summed E-state index contributed by atoms with van der Waals surface area (Å²) < 4.78 is 0. The molecule has 3 rings (SSSR count). The smallest absolute Gasteiger partial charge is 0.0264 e. The molecular formula is C11H18.